The first-order valence-corrected chi connectivity index (χ1v) is 10.4. The molecule has 2 aromatic carbocycles. The van der Waals surface area contributed by atoms with Crippen molar-refractivity contribution < 1.29 is 24.1 Å². The lowest BCUT2D eigenvalue weighted by molar-refractivity contribution is -0.109. The second-order valence-corrected chi connectivity index (χ2v) is 8.68. The number of urea groups is 1. The van der Waals surface area contributed by atoms with Crippen molar-refractivity contribution in [2.24, 2.45) is 0 Å². The highest BCUT2D eigenvalue weighted by atomic mass is 79.9. The highest BCUT2D eigenvalue weighted by Crippen LogP contribution is 2.34. The zero-order valence-electron chi connectivity index (χ0n) is 16.4. The molecule has 3 N–H and O–H groups in total. The number of benzene rings is 2. The number of amides is 2. The third kappa shape index (κ3) is 3.97. The van der Waals surface area contributed by atoms with E-state index in [9.17, 15) is 19.4 Å². The zero-order chi connectivity index (χ0) is 21.5. The molecule has 0 unspecified atom stereocenters. The maximum absolute atomic E-state index is 14.3. The summed E-state index contributed by atoms with van der Waals surface area (Å²) >= 11 is 3.24. The number of piperidine rings is 1. The molecular formula is C21H23BrFN3O4. The third-order valence-corrected chi connectivity index (χ3v) is 6.17. The van der Waals surface area contributed by atoms with Gasteiger partial charge in [0.15, 0.2) is 0 Å². The van der Waals surface area contributed by atoms with Crippen LogP contribution in [-0.4, -0.2) is 59.6 Å². The van der Waals surface area contributed by atoms with Crippen LogP contribution in [0.5, 0.6) is 5.75 Å². The van der Waals surface area contributed by atoms with Gasteiger partial charge in [0.25, 0.3) is 0 Å². The van der Waals surface area contributed by atoms with E-state index in [-0.39, 0.29) is 31.4 Å². The lowest BCUT2D eigenvalue weighted by Gasteiger charge is -2.42. The van der Waals surface area contributed by atoms with Gasteiger partial charge in [0.1, 0.15) is 29.9 Å². The van der Waals surface area contributed by atoms with Gasteiger partial charge >= 0.3 is 6.03 Å². The van der Waals surface area contributed by atoms with Crippen LogP contribution in [-0.2, 0) is 6.54 Å². The van der Waals surface area contributed by atoms with Crippen LogP contribution in [0, 0.1) is 5.82 Å². The number of rotatable bonds is 4. The first-order chi connectivity index (χ1) is 14.3. The zero-order valence-corrected chi connectivity index (χ0v) is 18.0. The molecule has 4 rings (SSSR count). The standard InChI is InChI=1S/C21H23BrFN3O4/c1-25-10-14-16(24-20(25)28)3-2-4-18(14)30-12-21(29)7-8-26(11-19(21)27)17-6-5-13(22)9-15(17)23/h2-6,9,19,27,29H,7-8,10-12H2,1H3,(H,24,28)/t19-,21-/m1/s1. The Morgan fingerprint density at radius 3 is 2.90 bits per heavy atom. The molecule has 2 aromatic rings. The van der Waals surface area contributed by atoms with Crippen molar-refractivity contribution >= 4 is 33.3 Å². The van der Waals surface area contributed by atoms with E-state index in [1.165, 1.54) is 11.0 Å². The quantitative estimate of drug-likeness (QED) is 0.627. The fourth-order valence-electron chi connectivity index (χ4n) is 3.79. The number of hydrogen-bond acceptors (Lipinski definition) is 5. The number of β-amino-alcohol motifs (C(OH)–C–C–N with tert-alkyl or cyclic N) is 1. The topological polar surface area (TPSA) is 85.3 Å². The summed E-state index contributed by atoms with van der Waals surface area (Å²) in [4.78, 5) is 15.1. The summed E-state index contributed by atoms with van der Waals surface area (Å²) in [7, 11) is 1.68. The number of carbonyl (C=O) groups excluding carboxylic acids is 1. The molecule has 2 atom stereocenters. The summed E-state index contributed by atoms with van der Waals surface area (Å²) in [6.45, 7) is 0.735. The summed E-state index contributed by atoms with van der Waals surface area (Å²) in [5.41, 5.74) is 0.404. The van der Waals surface area contributed by atoms with Crippen LogP contribution in [0.4, 0.5) is 20.6 Å². The van der Waals surface area contributed by atoms with Gasteiger partial charge in [0, 0.05) is 30.2 Å². The Labute approximate surface area is 182 Å². The molecule has 0 radical (unpaired) electrons. The van der Waals surface area contributed by atoms with Crippen LogP contribution < -0.4 is 15.0 Å². The maximum atomic E-state index is 14.3. The van der Waals surface area contributed by atoms with Gasteiger partial charge in [0.05, 0.1) is 17.9 Å². The van der Waals surface area contributed by atoms with Crippen molar-refractivity contribution in [3.63, 3.8) is 0 Å². The minimum atomic E-state index is -1.46. The average Bonchev–Trinajstić information content (AvgIpc) is 2.70. The molecule has 2 amide bonds. The summed E-state index contributed by atoms with van der Waals surface area (Å²) in [5, 5.41) is 24.4. The number of nitrogens with one attached hydrogen (secondary N) is 1. The van der Waals surface area contributed by atoms with Gasteiger partial charge in [-0.15, -0.1) is 0 Å². The van der Waals surface area contributed by atoms with Crippen molar-refractivity contribution in [1.82, 2.24) is 4.90 Å². The summed E-state index contributed by atoms with van der Waals surface area (Å²) < 4.78 is 20.8. The average molecular weight is 480 g/mol. The van der Waals surface area contributed by atoms with Crippen LogP contribution in [0.25, 0.3) is 0 Å². The van der Waals surface area contributed by atoms with Crippen molar-refractivity contribution in [3.8, 4) is 5.75 Å². The highest BCUT2D eigenvalue weighted by molar-refractivity contribution is 9.10. The van der Waals surface area contributed by atoms with E-state index in [1.807, 2.05) is 0 Å². The highest BCUT2D eigenvalue weighted by Gasteiger charge is 2.42. The number of nitrogens with zero attached hydrogens (tertiary/aromatic N) is 2. The predicted octanol–water partition coefficient (Wildman–Crippen LogP) is 2.95. The fourth-order valence-corrected chi connectivity index (χ4v) is 4.13. The van der Waals surface area contributed by atoms with E-state index in [4.69, 9.17) is 4.74 Å². The summed E-state index contributed by atoms with van der Waals surface area (Å²) in [6.07, 6.45) is -0.897. The Hall–Kier alpha value is -2.36. The fraction of sp³-hybridized carbons (Fsp3) is 0.381. The van der Waals surface area contributed by atoms with Crippen LogP contribution >= 0.6 is 15.9 Å². The first-order valence-electron chi connectivity index (χ1n) is 9.64. The Morgan fingerprint density at radius 2 is 2.17 bits per heavy atom. The van der Waals surface area contributed by atoms with E-state index in [1.54, 1.807) is 42.3 Å². The Kier molecular flexibility index (Phi) is 5.61. The minimum Gasteiger partial charge on any atom is -0.490 e. The third-order valence-electron chi connectivity index (χ3n) is 5.67. The second-order valence-electron chi connectivity index (χ2n) is 7.77. The number of aliphatic hydroxyl groups excluding tert-OH is 1. The Balaban J connectivity index is 1.45. The van der Waals surface area contributed by atoms with Crippen molar-refractivity contribution in [1.29, 1.82) is 0 Å². The molecule has 30 heavy (non-hydrogen) atoms. The molecule has 0 aliphatic carbocycles. The number of carbonyl (C=O) groups is 1. The molecule has 9 heteroatoms. The lowest BCUT2D eigenvalue weighted by Crippen LogP contribution is -2.58. The van der Waals surface area contributed by atoms with Crippen LogP contribution in [0.15, 0.2) is 40.9 Å². The Morgan fingerprint density at radius 1 is 1.37 bits per heavy atom. The molecule has 2 heterocycles. The van der Waals surface area contributed by atoms with Gasteiger partial charge in [-0.05, 0) is 36.8 Å². The number of aliphatic hydroxyl groups is 2. The van der Waals surface area contributed by atoms with Crippen molar-refractivity contribution in [3.05, 3.63) is 52.3 Å². The summed E-state index contributed by atoms with van der Waals surface area (Å²) in [5.74, 6) is 0.154. The van der Waals surface area contributed by atoms with Crippen LogP contribution in [0.3, 0.4) is 0 Å². The van der Waals surface area contributed by atoms with Gasteiger partial charge in [-0.25, -0.2) is 9.18 Å². The number of anilines is 2. The normalized spacial score (nSPS) is 23.8. The van der Waals surface area contributed by atoms with Crippen molar-refractivity contribution in [2.75, 3.05) is 37.0 Å². The molecular weight excluding hydrogens is 457 g/mol. The van der Waals surface area contributed by atoms with E-state index in [0.717, 1.165) is 5.56 Å². The predicted molar refractivity (Wildman–Crippen MR) is 114 cm³/mol. The minimum absolute atomic E-state index is 0.0874. The van der Waals surface area contributed by atoms with E-state index in [0.29, 0.717) is 34.7 Å². The van der Waals surface area contributed by atoms with Gasteiger partial charge in [-0.3, -0.25) is 0 Å². The van der Waals surface area contributed by atoms with E-state index >= 15 is 0 Å². The van der Waals surface area contributed by atoms with Crippen LogP contribution in [0.1, 0.15) is 12.0 Å². The molecule has 2 aliphatic heterocycles. The van der Waals surface area contributed by atoms with Gasteiger partial charge in [-0.1, -0.05) is 22.0 Å². The number of hydrogen-bond donors (Lipinski definition) is 3. The molecule has 7 nitrogen and oxygen atoms in total. The lowest BCUT2D eigenvalue weighted by atomic mass is 9.89. The van der Waals surface area contributed by atoms with Gasteiger partial charge < -0.3 is 30.1 Å². The second kappa shape index (κ2) is 8.05. The number of ether oxygens (including phenoxy) is 1. The molecule has 1 saturated heterocycles. The SMILES string of the molecule is CN1Cc2c(cccc2OC[C@]2(O)CCN(c3ccc(Br)cc3F)C[C@H]2O)NC1=O. The first kappa shape index (κ1) is 20.9. The van der Waals surface area contributed by atoms with E-state index in [2.05, 4.69) is 21.2 Å². The van der Waals surface area contributed by atoms with Gasteiger partial charge in [0.2, 0.25) is 0 Å². The van der Waals surface area contributed by atoms with E-state index < -0.39 is 11.7 Å². The molecule has 160 valence electrons. The molecule has 0 spiro atoms. The van der Waals surface area contributed by atoms with Crippen molar-refractivity contribution in [2.45, 2.75) is 24.7 Å². The molecule has 0 aromatic heterocycles. The number of fused-ring (bicyclic) bond motifs is 1. The molecule has 0 bridgehead atoms. The van der Waals surface area contributed by atoms with Crippen LogP contribution in [0.2, 0.25) is 0 Å². The number of halogens is 2. The molecule has 2 aliphatic rings. The molecule has 0 saturated carbocycles. The largest absolute Gasteiger partial charge is 0.490 e. The monoisotopic (exact) mass is 479 g/mol. The maximum Gasteiger partial charge on any atom is 0.321 e. The smallest absolute Gasteiger partial charge is 0.321 e. The Bertz CT molecular complexity index is 975. The van der Waals surface area contributed by atoms with Gasteiger partial charge in [-0.2, -0.15) is 0 Å². The molecule has 1 fully saturated rings. The summed E-state index contributed by atoms with van der Waals surface area (Å²) in [6, 6.07) is 9.89.